The van der Waals surface area contributed by atoms with E-state index in [1.165, 1.54) is 23.3 Å². The van der Waals surface area contributed by atoms with Crippen molar-refractivity contribution in [2.24, 2.45) is 5.92 Å². The van der Waals surface area contributed by atoms with Crippen LogP contribution in [0.4, 0.5) is 0 Å². The molecule has 2 aromatic rings. The highest BCUT2D eigenvalue weighted by molar-refractivity contribution is 7.90. The molecule has 0 aromatic heterocycles. The molecule has 6 nitrogen and oxygen atoms in total. The van der Waals surface area contributed by atoms with Gasteiger partial charge in [0.1, 0.15) is 4.90 Å². The number of hydrogen-bond acceptors (Lipinski definition) is 4. The normalized spacial score (nSPS) is 18.3. The SMILES string of the molecule is CCN1C(=O)c2ccc(C(=O)N3CCC(CCc4ccc(C)cc4)CC3)cc2S1(=O)=O. The summed E-state index contributed by atoms with van der Waals surface area (Å²) in [5.74, 6) is -0.107. The Labute approximate surface area is 183 Å². The first-order chi connectivity index (χ1) is 14.8. The average Bonchev–Trinajstić information content (AvgIpc) is 2.97. The summed E-state index contributed by atoms with van der Waals surface area (Å²) in [4.78, 5) is 27.0. The average molecular weight is 441 g/mol. The van der Waals surface area contributed by atoms with Gasteiger partial charge in [-0.2, -0.15) is 0 Å². The maximum Gasteiger partial charge on any atom is 0.268 e. The first kappa shape index (κ1) is 21.6. The second kappa shape index (κ2) is 8.46. The van der Waals surface area contributed by atoms with E-state index in [9.17, 15) is 18.0 Å². The molecule has 0 atom stereocenters. The highest BCUT2D eigenvalue weighted by Gasteiger charge is 2.40. The van der Waals surface area contributed by atoms with Crippen LogP contribution in [0, 0.1) is 12.8 Å². The lowest BCUT2D eigenvalue weighted by atomic mass is 9.90. The van der Waals surface area contributed by atoms with Crippen molar-refractivity contribution in [3.05, 3.63) is 64.7 Å². The Morgan fingerprint density at radius 1 is 1.06 bits per heavy atom. The van der Waals surface area contributed by atoms with Gasteiger partial charge in [0.15, 0.2) is 0 Å². The van der Waals surface area contributed by atoms with E-state index in [1.54, 1.807) is 17.9 Å². The third kappa shape index (κ3) is 4.11. The van der Waals surface area contributed by atoms with Crippen molar-refractivity contribution in [3.63, 3.8) is 0 Å². The second-order valence-corrected chi connectivity index (χ2v) is 10.3. The molecular formula is C24H28N2O4S. The first-order valence-corrected chi connectivity index (χ1v) is 12.3. The molecule has 0 radical (unpaired) electrons. The van der Waals surface area contributed by atoms with E-state index in [0.717, 1.165) is 30.0 Å². The van der Waals surface area contributed by atoms with Crippen molar-refractivity contribution in [1.29, 1.82) is 0 Å². The molecule has 2 amide bonds. The van der Waals surface area contributed by atoms with E-state index in [1.807, 2.05) is 0 Å². The molecule has 2 aromatic carbocycles. The van der Waals surface area contributed by atoms with Gasteiger partial charge in [-0.25, -0.2) is 12.7 Å². The molecule has 0 N–H and O–H groups in total. The Kier molecular flexibility index (Phi) is 5.88. The first-order valence-electron chi connectivity index (χ1n) is 10.9. The van der Waals surface area contributed by atoms with Crippen molar-refractivity contribution < 1.29 is 18.0 Å². The lowest BCUT2D eigenvalue weighted by molar-refractivity contribution is 0.0686. The number of sulfonamides is 1. The van der Waals surface area contributed by atoms with Gasteiger partial charge in [0.05, 0.1) is 5.56 Å². The summed E-state index contributed by atoms with van der Waals surface area (Å²) in [6, 6.07) is 13.0. The summed E-state index contributed by atoms with van der Waals surface area (Å²) in [5.41, 5.74) is 3.08. The predicted molar refractivity (Wildman–Crippen MR) is 118 cm³/mol. The summed E-state index contributed by atoms with van der Waals surface area (Å²) < 4.78 is 26.1. The summed E-state index contributed by atoms with van der Waals surface area (Å²) in [7, 11) is -3.86. The molecule has 2 heterocycles. The van der Waals surface area contributed by atoms with Crippen LogP contribution in [0.25, 0.3) is 0 Å². The van der Waals surface area contributed by atoms with Gasteiger partial charge >= 0.3 is 0 Å². The minimum absolute atomic E-state index is 0.0572. The van der Waals surface area contributed by atoms with Crippen LogP contribution in [0.2, 0.25) is 0 Å². The van der Waals surface area contributed by atoms with E-state index in [0.29, 0.717) is 24.6 Å². The molecule has 0 spiro atoms. The van der Waals surface area contributed by atoms with Crippen LogP contribution in [0.1, 0.15) is 58.0 Å². The third-order valence-corrected chi connectivity index (χ3v) is 8.30. The standard InChI is InChI=1S/C24H28N2O4S/c1-3-26-24(28)21-11-10-20(16-22(21)31(26,29)30)23(27)25-14-12-19(13-15-25)9-8-18-6-4-17(2)5-7-18/h4-7,10-11,16,19H,3,8-9,12-15H2,1-2H3. The number of piperidine rings is 1. The van der Waals surface area contributed by atoms with Crippen LogP contribution in [0.15, 0.2) is 47.4 Å². The Morgan fingerprint density at radius 2 is 1.74 bits per heavy atom. The van der Waals surface area contributed by atoms with Gasteiger partial charge in [-0.05, 0) is 69.2 Å². The topological polar surface area (TPSA) is 74.8 Å². The molecule has 4 rings (SSSR count). The number of hydrogen-bond donors (Lipinski definition) is 0. The van der Waals surface area contributed by atoms with E-state index in [2.05, 4.69) is 31.2 Å². The molecular weight excluding hydrogens is 412 g/mol. The van der Waals surface area contributed by atoms with Crippen LogP contribution in [0.5, 0.6) is 0 Å². The molecule has 2 aliphatic rings. The summed E-state index contributed by atoms with van der Waals surface area (Å²) >= 11 is 0. The lowest BCUT2D eigenvalue weighted by Crippen LogP contribution is -2.38. The summed E-state index contributed by atoms with van der Waals surface area (Å²) in [6.07, 6.45) is 4.05. The Morgan fingerprint density at radius 3 is 2.39 bits per heavy atom. The fraction of sp³-hybridized carbons (Fsp3) is 0.417. The number of amides is 2. The minimum atomic E-state index is -3.86. The third-order valence-electron chi connectivity index (χ3n) is 6.40. The monoisotopic (exact) mass is 440 g/mol. The van der Waals surface area contributed by atoms with Gasteiger partial charge in [0.2, 0.25) is 0 Å². The fourth-order valence-electron chi connectivity index (χ4n) is 4.45. The van der Waals surface area contributed by atoms with Crippen molar-refractivity contribution in [1.82, 2.24) is 9.21 Å². The van der Waals surface area contributed by atoms with Gasteiger partial charge in [-0.1, -0.05) is 29.8 Å². The number of carbonyl (C=O) groups excluding carboxylic acids is 2. The molecule has 0 aliphatic carbocycles. The van der Waals surface area contributed by atoms with Gasteiger partial charge in [0, 0.05) is 25.2 Å². The van der Waals surface area contributed by atoms with E-state index >= 15 is 0 Å². The maximum atomic E-state index is 13.0. The van der Waals surface area contributed by atoms with Crippen LogP contribution in [0.3, 0.4) is 0 Å². The molecule has 2 aliphatic heterocycles. The molecule has 164 valence electrons. The van der Waals surface area contributed by atoms with Gasteiger partial charge in [0.25, 0.3) is 21.8 Å². The van der Waals surface area contributed by atoms with E-state index in [-0.39, 0.29) is 22.9 Å². The highest BCUT2D eigenvalue weighted by atomic mass is 32.2. The molecule has 0 saturated carbocycles. The molecule has 1 fully saturated rings. The van der Waals surface area contributed by atoms with Crippen LogP contribution >= 0.6 is 0 Å². The number of nitrogens with zero attached hydrogens (tertiary/aromatic N) is 2. The number of fused-ring (bicyclic) bond motifs is 1. The summed E-state index contributed by atoms with van der Waals surface area (Å²) in [6.45, 7) is 5.12. The van der Waals surface area contributed by atoms with Gasteiger partial charge in [-0.3, -0.25) is 9.59 Å². The van der Waals surface area contributed by atoms with Crippen molar-refractivity contribution in [2.45, 2.75) is 44.4 Å². The molecule has 31 heavy (non-hydrogen) atoms. The Balaban J connectivity index is 1.38. The fourth-order valence-corrected chi connectivity index (χ4v) is 6.06. The molecule has 0 bridgehead atoms. The van der Waals surface area contributed by atoms with Crippen molar-refractivity contribution >= 4 is 21.8 Å². The number of rotatable bonds is 5. The molecule has 7 heteroatoms. The highest BCUT2D eigenvalue weighted by Crippen LogP contribution is 2.31. The van der Waals surface area contributed by atoms with Crippen molar-refractivity contribution in [3.8, 4) is 0 Å². The zero-order valence-electron chi connectivity index (χ0n) is 18.0. The van der Waals surface area contributed by atoms with E-state index in [4.69, 9.17) is 0 Å². The maximum absolute atomic E-state index is 13.0. The zero-order valence-corrected chi connectivity index (χ0v) is 18.8. The largest absolute Gasteiger partial charge is 0.339 e. The summed E-state index contributed by atoms with van der Waals surface area (Å²) in [5, 5.41) is 0. The second-order valence-electron chi connectivity index (χ2n) is 8.45. The zero-order chi connectivity index (χ0) is 22.2. The Bertz CT molecular complexity index is 1100. The predicted octanol–water partition coefficient (Wildman–Crippen LogP) is 3.64. The minimum Gasteiger partial charge on any atom is -0.339 e. The smallest absolute Gasteiger partial charge is 0.268 e. The van der Waals surface area contributed by atoms with E-state index < -0.39 is 15.9 Å². The number of likely N-dealkylation sites (tertiary alicyclic amines) is 1. The number of benzene rings is 2. The van der Waals surface area contributed by atoms with Crippen molar-refractivity contribution in [2.75, 3.05) is 19.6 Å². The number of carbonyl (C=O) groups is 2. The van der Waals surface area contributed by atoms with Gasteiger partial charge in [-0.15, -0.1) is 0 Å². The molecule has 1 saturated heterocycles. The Hall–Kier alpha value is -2.67. The van der Waals surface area contributed by atoms with Crippen LogP contribution in [-0.2, 0) is 16.4 Å². The van der Waals surface area contributed by atoms with Crippen LogP contribution in [-0.4, -0.2) is 49.1 Å². The van der Waals surface area contributed by atoms with Crippen LogP contribution < -0.4 is 0 Å². The quantitative estimate of drug-likeness (QED) is 0.711. The lowest BCUT2D eigenvalue weighted by Gasteiger charge is -2.32. The van der Waals surface area contributed by atoms with Gasteiger partial charge < -0.3 is 4.90 Å². The molecule has 0 unspecified atom stereocenters. The number of aryl methyl sites for hydroxylation is 2.